The number of hydrogen-bond donors (Lipinski definition) is 1. The summed E-state index contributed by atoms with van der Waals surface area (Å²) in [5.41, 5.74) is 2.70. The summed E-state index contributed by atoms with van der Waals surface area (Å²) in [5.74, 6) is 0.277. The van der Waals surface area contributed by atoms with Gasteiger partial charge in [0.25, 0.3) is 0 Å². The Morgan fingerprint density at radius 2 is 1.86 bits per heavy atom. The van der Waals surface area contributed by atoms with Crippen molar-refractivity contribution in [3.63, 3.8) is 0 Å². The van der Waals surface area contributed by atoms with Crippen LogP contribution in [0.1, 0.15) is 17.3 Å². The molecule has 0 atom stereocenters. The van der Waals surface area contributed by atoms with Crippen LogP contribution in [0, 0.1) is 0 Å². The second-order valence-electron chi connectivity index (χ2n) is 6.30. The van der Waals surface area contributed by atoms with Crippen molar-refractivity contribution in [3.8, 4) is 5.75 Å². The molecule has 140 valence electrons. The lowest BCUT2D eigenvalue weighted by atomic mass is 10.1. The highest BCUT2D eigenvalue weighted by Crippen LogP contribution is 2.34. The molecule has 0 unspecified atom stereocenters. The lowest BCUT2D eigenvalue weighted by molar-refractivity contribution is 0.0527. The second kappa shape index (κ2) is 7.56. The summed E-state index contributed by atoms with van der Waals surface area (Å²) in [4.78, 5) is 17.0. The van der Waals surface area contributed by atoms with Gasteiger partial charge in [0.2, 0.25) is 0 Å². The van der Waals surface area contributed by atoms with Gasteiger partial charge in [0.05, 0.1) is 24.9 Å². The fraction of sp³-hybridized carbons (Fsp3) is 0.130. The number of esters is 1. The van der Waals surface area contributed by atoms with Crippen LogP contribution in [0.15, 0.2) is 66.9 Å². The molecule has 0 spiro atoms. The van der Waals surface area contributed by atoms with Gasteiger partial charge >= 0.3 is 5.97 Å². The number of nitrogens with zero attached hydrogens (tertiary/aromatic N) is 1. The predicted molar refractivity (Wildman–Crippen MR) is 111 cm³/mol. The van der Waals surface area contributed by atoms with Crippen molar-refractivity contribution in [2.24, 2.45) is 0 Å². The number of carbonyl (C=O) groups excluding carboxylic acids is 1. The van der Waals surface area contributed by atoms with Gasteiger partial charge in [-0.25, -0.2) is 4.79 Å². The summed E-state index contributed by atoms with van der Waals surface area (Å²) >= 11 is 0. The number of pyridine rings is 1. The normalized spacial score (nSPS) is 10.8. The molecule has 0 bridgehead atoms. The number of anilines is 2. The molecule has 0 radical (unpaired) electrons. The van der Waals surface area contributed by atoms with E-state index in [-0.39, 0.29) is 0 Å². The van der Waals surface area contributed by atoms with E-state index in [2.05, 4.69) is 22.4 Å². The van der Waals surface area contributed by atoms with Crippen LogP contribution in [0.3, 0.4) is 0 Å². The summed E-state index contributed by atoms with van der Waals surface area (Å²) in [6.07, 6.45) is 1.56. The van der Waals surface area contributed by atoms with E-state index in [1.807, 2.05) is 48.5 Å². The van der Waals surface area contributed by atoms with Crippen molar-refractivity contribution in [3.05, 3.63) is 72.4 Å². The van der Waals surface area contributed by atoms with Crippen molar-refractivity contribution in [1.29, 1.82) is 0 Å². The van der Waals surface area contributed by atoms with Gasteiger partial charge in [-0.05, 0) is 36.6 Å². The van der Waals surface area contributed by atoms with E-state index in [1.54, 1.807) is 20.2 Å². The third-order valence-electron chi connectivity index (χ3n) is 4.62. The van der Waals surface area contributed by atoms with Gasteiger partial charge < -0.3 is 14.8 Å². The number of benzene rings is 3. The number of fused-ring (bicyclic) bond motifs is 2. The summed E-state index contributed by atoms with van der Waals surface area (Å²) in [6.45, 7) is 2.08. The fourth-order valence-electron chi connectivity index (χ4n) is 3.27. The van der Waals surface area contributed by atoms with Gasteiger partial charge in [-0.15, -0.1) is 0 Å². The molecular weight excluding hydrogens is 352 g/mol. The van der Waals surface area contributed by atoms with Crippen LogP contribution in [0.4, 0.5) is 11.4 Å². The molecule has 28 heavy (non-hydrogen) atoms. The Morgan fingerprint density at radius 1 is 1.04 bits per heavy atom. The van der Waals surface area contributed by atoms with Crippen LogP contribution < -0.4 is 10.1 Å². The van der Waals surface area contributed by atoms with E-state index >= 15 is 0 Å². The van der Waals surface area contributed by atoms with Gasteiger partial charge in [-0.1, -0.05) is 36.4 Å². The number of nitrogens with one attached hydrogen (secondary N) is 1. The molecule has 0 amide bonds. The van der Waals surface area contributed by atoms with Gasteiger partial charge in [0, 0.05) is 22.7 Å². The van der Waals surface area contributed by atoms with Gasteiger partial charge in [-0.3, -0.25) is 4.98 Å². The number of hydrogen-bond acceptors (Lipinski definition) is 5. The molecule has 0 fully saturated rings. The second-order valence-corrected chi connectivity index (χ2v) is 6.30. The average molecular weight is 372 g/mol. The van der Waals surface area contributed by atoms with Crippen molar-refractivity contribution < 1.29 is 14.3 Å². The molecule has 4 rings (SSSR count). The van der Waals surface area contributed by atoms with E-state index in [0.29, 0.717) is 23.6 Å². The highest BCUT2D eigenvalue weighted by Gasteiger charge is 2.18. The maximum Gasteiger partial charge on any atom is 0.341 e. The maximum absolute atomic E-state index is 12.6. The van der Waals surface area contributed by atoms with Crippen LogP contribution in [0.25, 0.3) is 21.7 Å². The minimum Gasteiger partial charge on any atom is -0.497 e. The zero-order chi connectivity index (χ0) is 19.5. The van der Waals surface area contributed by atoms with E-state index in [9.17, 15) is 4.79 Å². The molecule has 1 aromatic heterocycles. The highest BCUT2D eigenvalue weighted by molar-refractivity contribution is 6.08. The Morgan fingerprint density at radius 3 is 2.68 bits per heavy atom. The average Bonchev–Trinajstić information content (AvgIpc) is 2.74. The molecule has 5 nitrogen and oxygen atoms in total. The first-order valence-corrected chi connectivity index (χ1v) is 9.10. The molecule has 4 aromatic rings. The van der Waals surface area contributed by atoms with Gasteiger partial charge in [0.15, 0.2) is 0 Å². The number of aromatic nitrogens is 1. The van der Waals surface area contributed by atoms with Crippen LogP contribution >= 0.6 is 0 Å². The molecule has 5 heteroatoms. The number of ether oxygens (including phenoxy) is 2. The topological polar surface area (TPSA) is 60.5 Å². The van der Waals surface area contributed by atoms with Crippen LogP contribution in [0.5, 0.6) is 5.75 Å². The van der Waals surface area contributed by atoms with Crippen LogP contribution in [-0.4, -0.2) is 24.7 Å². The molecule has 0 aliphatic heterocycles. The molecule has 1 N–H and O–H groups in total. The fourth-order valence-corrected chi connectivity index (χ4v) is 3.27. The van der Waals surface area contributed by atoms with E-state index < -0.39 is 5.97 Å². The van der Waals surface area contributed by atoms with Crippen molar-refractivity contribution in [1.82, 2.24) is 4.98 Å². The van der Waals surface area contributed by atoms with E-state index in [4.69, 9.17) is 9.47 Å². The smallest absolute Gasteiger partial charge is 0.341 e. The third-order valence-corrected chi connectivity index (χ3v) is 4.62. The minimum absolute atomic E-state index is 0.294. The quantitative estimate of drug-likeness (QED) is 0.481. The summed E-state index contributed by atoms with van der Waals surface area (Å²) in [6, 6.07) is 19.7. The number of methoxy groups -OCH3 is 1. The monoisotopic (exact) mass is 372 g/mol. The molecular formula is C23H20N2O3. The third kappa shape index (κ3) is 3.22. The Labute approximate surface area is 162 Å². The SMILES string of the molecule is CCOC(=O)c1cnc2ccc(OC)cc2c1Nc1cccc2ccccc12. The Bertz CT molecular complexity index is 1170. The van der Waals surface area contributed by atoms with Crippen molar-refractivity contribution in [2.45, 2.75) is 6.92 Å². The lowest BCUT2D eigenvalue weighted by Gasteiger charge is -2.16. The van der Waals surface area contributed by atoms with E-state index in [0.717, 1.165) is 27.4 Å². The van der Waals surface area contributed by atoms with Crippen molar-refractivity contribution >= 4 is 39.0 Å². The molecule has 1 heterocycles. The first-order valence-electron chi connectivity index (χ1n) is 9.10. The van der Waals surface area contributed by atoms with Gasteiger partial charge in [0.1, 0.15) is 11.3 Å². The molecule has 0 aliphatic rings. The van der Waals surface area contributed by atoms with Gasteiger partial charge in [-0.2, -0.15) is 0 Å². The molecule has 0 saturated carbocycles. The number of carbonyl (C=O) groups is 1. The van der Waals surface area contributed by atoms with Crippen LogP contribution in [-0.2, 0) is 4.74 Å². The Balaban J connectivity index is 1.94. The zero-order valence-corrected chi connectivity index (χ0v) is 15.7. The van der Waals surface area contributed by atoms with Crippen molar-refractivity contribution in [2.75, 3.05) is 19.0 Å². The summed E-state index contributed by atoms with van der Waals surface area (Å²) < 4.78 is 10.6. The first kappa shape index (κ1) is 17.8. The summed E-state index contributed by atoms with van der Waals surface area (Å²) in [5, 5.41) is 6.42. The largest absolute Gasteiger partial charge is 0.497 e. The Kier molecular flexibility index (Phi) is 4.81. The standard InChI is InChI=1S/C23H20N2O3/c1-3-28-23(26)19-14-24-20-12-11-16(27-2)13-18(20)22(19)25-21-10-6-8-15-7-4-5-9-17(15)21/h4-14H,3H2,1-2H3,(H,24,25). The Hall–Kier alpha value is -3.60. The maximum atomic E-state index is 12.6. The van der Waals surface area contributed by atoms with Crippen LogP contribution in [0.2, 0.25) is 0 Å². The zero-order valence-electron chi connectivity index (χ0n) is 15.7. The predicted octanol–water partition coefficient (Wildman–Crippen LogP) is 5.32. The molecule has 0 aliphatic carbocycles. The minimum atomic E-state index is -0.414. The number of rotatable bonds is 5. The highest BCUT2D eigenvalue weighted by atomic mass is 16.5. The first-order chi connectivity index (χ1) is 13.7. The lowest BCUT2D eigenvalue weighted by Crippen LogP contribution is -2.09. The molecule has 0 saturated heterocycles. The van der Waals surface area contributed by atoms with E-state index in [1.165, 1.54) is 0 Å². The summed E-state index contributed by atoms with van der Waals surface area (Å²) in [7, 11) is 1.61. The molecule has 3 aromatic carbocycles.